The van der Waals surface area contributed by atoms with Crippen LogP contribution in [0.15, 0.2) is 0 Å². The molecule has 22 heavy (non-hydrogen) atoms. The lowest BCUT2D eigenvalue weighted by Crippen LogP contribution is -2.45. The van der Waals surface area contributed by atoms with Crippen LogP contribution < -0.4 is 11.5 Å². The van der Waals surface area contributed by atoms with Gasteiger partial charge in [0.25, 0.3) is 0 Å². The van der Waals surface area contributed by atoms with Gasteiger partial charge in [0, 0.05) is 24.2 Å². The Labute approximate surface area is 133 Å². The summed E-state index contributed by atoms with van der Waals surface area (Å²) < 4.78 is 30.6. The Bertz CT molecular complexity index is 464. The highest BCUT2D eigenvalue weighted by atomic mass is 32.2. The van der Waals surface area contributed by atoms with E-state index in [1.165, 1.54) is 4.31 Å². The first kappa shape index (κ1) is 19.8. The predicted octanol–water partition coefficient (Wildman–Crippen LogP) is -1.11. The van der Waals surface area contributed by atoms with E-state index in [9.17, 15) is 8.42 Å². The van der Waals surface area contributed by atoms with E-state index in [2.05, 4.69) is 0 Å². The molecule has 0 radical (unpaired) electrons. The molecular formula is C12H28BN3O5S. The Balaban J connectivity index is 2.63. The summed E-state index contributed by atoms with van der Waals surface area (Å²) in [4.78, 5) is 0. The monoisotopic (exact) mass is 337 g/mol. The van der Waals surface area contributed by atoms with Gasteiger partial charge in [-0.15, -0.1) is 0 Å². The maximum absolute atomic E-state index is 12.2. The molecule has 1 fully saturated rings. The molecule has 1 saturated heterocycles. The van der Waals surface area contributed by atoms with Crippen LogP contribution in [0, 0.1) is 5.92 Å². The van der Waals surface area contributed by atoms with Gasteiger partial charge in [0.2, 0.25) is 0 Å². The lowest BCUT2D eigenvalue weighted by atomic mass is 9.79. The van der Waals surface area contributed by atoms with Gasteiger partial charge in [-0.25, -0.2) is 0 Å². The normalized spacial score (nSPS) is 27.3. The van der Waals surface area contributed by atoms with Crippen molar-refractivity contribution < 1.29 is 22.6 Å². The van der Waals surface area contributed by atoms with Crippen molar-refractivity contribution in [2.45, 2.75) is 51.0 Å². The van der Waals surface area contributed by atoms with Crippen LogP contribution in [0.2, 0.25) is 6.32 Å². The van der Waals surface area contributed by atoms with Gasteiger partial charge in [0.15, 0.2) is 0 Å². The van der Waals surface area contributed by atoms with E-state index >= 15 is 0 Å². The van der Waals surface area contributed by atoms with Crippen LogP contribution in [0.4, 0.5) is 0 Å². The van der Waals surface area contributed by atoms with E-state index in [4.69, 9.17) is 25.7 Å². The minimum Gasteiger partial charge on any atom is -0.427 e. The molecule has 0 aromatic carbocycles. The van der Waals surface area contributed by atoms with Crippen LogP contribution >= 0.6 is 0 Å². The van der Waals surface area contributed by atoms with Crippen LogP contribution in [0.3, 0.4) is 0 Å². The molecular weight excluding hydrogens is 309 g/mol. The fourth-order valence-corrected chi connectivity index (χ4v) is 3.87. The smallest absolute Gasteiger partial charge is 0.427 e. The molecule has 0 bridgehead atoms. The fraction of sp³-hybridized carbons (Fsp3) is 1.00. The maximum Gasteiger partial charge on any atom is 0.451 e. The van der Waals surface area contributed by atoms with Crippen molar-refractivity contribution in [2.24, 2.45) is 17.4 Å². The molecule has 0 aromatic rings. The minimum absolute atomic E-state index is 0.0597. The molecule has 10 heteroatoms. The third-order valence-corrected chi connectivity index (χ3v) is 5.11. The summed E-state index contributed by atoms with van der Waals surface area (Å²) in [6, 6.07) is 0. The average Bonchev–Trinajstić information content (AvgIpc) is 2.62. The van der Waals surface area contributed by atoms with Crippen LogP contribution in [0.25, 0.3) is 0 Å². The summed E-state index contributed by atoms with van der Waals surface area (Å²) in [5.41, 5.74) is 10.5. The van der Waals surface area contributed by atoms with Crippen LogP contribution in [0.1, 0.15) is 33.6 Å². The third-order valence-electron chi connectivity index (χ3n) is 3.78. The zero-order valence-electron chi connectivity index (χ0n) is 13.5. The van der Waals surface area contributed by atoms with E-state index in [0.29, 0.717) is 12.8 Å². The molecule has 0 spiro atoms. The lowest BCUT2D eigenvalue weighted by Gasteiger charge is -2.25. The third kappa shape index (κ3) is 6.11. The number of rotatable bonds is 8. The molecule has 1 heterocycles. The van der Waals surface area contributed by atoms with E-state index < -0.39 is 28.5 Å². The van der Waals surface area contributed by atoms with Crippen molar-refractivity contribution in [1.29, 1.82) is 0 Å². The highest BCUT2D eigenvalue weighted by molar-refractivity contribution is 7.84. The largest absolute Gasteiger partial charge is 0.451 e. The van der Waals surface area contributed by atoms with Gasteiger partial charge >= 0.3 is 17.4 Å². The van der Waals surface area contributed by atoms with Gasteiger partial charge in [0.1, 0.15) is 0 Å². The van der Waals surface area contributed by atoms with Gasteiger partial charge in [0.05, 0.1) is 6.61 Å². The van der Waals surface area contributed by atoms with Crippen molar-refractivity contribution in [3.05, 3.63) is 0 Å². The lowest BCUT2D eigenvalue weighted by molar-refractivity contribution is 0.223. The number of nitrogens with zero attached hydrogens (tertiary/aromatic N) is 1. The van der Waals surface area contributed by atoms with Gasteiger partial charge in [-0.3, -0.25) is 4.18 Å². The predicted molar refractivity (Wildman–Crippen MR) is 85.0 cm³/mol. The highest BCUT2D eigenvalue weighted by Gasteiger charge is 2.44. The zero-order chi connectivity index (χ0) is 17.2. The fourth-order valence-electron chi connectivity index (χ4n) is 2.47. The Morgan fingerprint density at radius 3 is 2.55 bits per heavy atom. The molecule has 0 amide bonds. The first-order valence-corrected chi connectivity index (χ1v) is 8.78. The molecule has 0 saturated carbocycles. The Kier molecular flexibility index (Phi) is 6.42. The SMILES string of the molecule is CC(C)(N)COS(=O)(=O)N1C[C@H](CCCB(O)O)[C@@](C)(N)C1. The summed E-state index contributed by atoms with van der Waals surface area (Å²) in [5, 5.41) is 17.7. The van der Waals surface area contributed by atoms with Crippen LogP contribution in [-0.4, -0.2) is 60.7 Å². The molecule has 1 aliphatic rings. The van der Waals surface area contributed by atoms with Gasteiger partial charge in [-0.2, -0.15) is 12.7 Å². The molecule has 1 aliphatic heterocycles. The van der Waals surface area contributed by atoms with Crippen molar-refractivity contribution in [2.75, 3.05) is 19.7 Å². The number of nitrogens with two attached hydrogens (primary N) is 2. The Morgan fingerprint density at radius 2 is 2.05 bits per heavy atom. The van der Waals surface area contributed by atoms with Crippen molar-refractivity contribution in [3.8, 4) is 0 Å². The molecule has 1 rings (SSSR count). The van der Waals surface area contributed by atoms with Crippen LogP contribution in [-0.2, 0) is 14.5 Å². The Morgan fingerprint density at radius 1 is 1.45 bits per heavy atom. The summed E-state index contributed by atoms with van der Waals surface area (Å²) in [6.45, 7) is 5.50. The average molecular weight is 337 g/mol. The first-order chi connectivity index (χ1) is 9.83. The van der Waals surface area contributed by atoms with Crippen molar-refractivity contribution in [1.82, 2.24) is 4.31 Å². The van der Waals surface area contributed by atoms with E-state index in [-0.39, 0.29) is 31.9 Å². The second-order valence-electron chi connectivity index (χ2n) is 7.12. The summed E-state index contributed by atoms with van der Waals surface area (Å²) in [7, 11) is -5.21. The maximum atomic E-state index is 12.2. The zero-order valence-corrected chi connectivity index (χ0v) is 14.3. The molecule has 6 N–H and O–H groups in total. The minimum atomic E-state index is -3.86. The first-order valence-electron chi connectivity index (χ1n) is 7.42. The quantitative estimate of drug-likeness (QED) is 0.412. The van der Waals surface area contributed by atoms with Gasteiger partial charge in [-0.1, -0.05) is 6.42 Å². The second kappa shape index (κ2) is 7.12. The van der Waals surface area contributed by atoms with Gasteiger partial charge in [-0.05, 0) is 39.4 Å². The molecule has 0 unspecified atom stereocenters. The van der Waals surface area contributed by atoms with E-state index in [1.54, 1.807) is 20.8 Å². The Hall–Kier alpha value is -0.225. The van der Waals surface area contributed by atoms with Gasteiger partial charge < -0.3 is 21.5 Å². The van der Waals surface area contributed by atoms with E-state index in [1.807, 2.05) is 0 Å². The summed E-state index contributed by atoms with van der Waals surface area (Å²) >= 11 is 0. The standard InChI is InChI=1S/C12H28BN3O5S/c1-11(2,14)9-21-22(19,20)16-7-10(12(3,15)8-16)5-4-6-13(17)18/h10,17-18H,4-9,14-15H2,1-3H3/t10-,12-/m0/s1. The van der Waals surface area contributed by atoms with Crippen LogP contribution in [0.5, 0.6) is 0 Å². The van der Waals surface area contributed by atoms with Crippen molar-refractivity contribution in [3.63, 3.8) is 0 Å². The molecule has 8 nitrogen and oxygen atoms in total. The number of hydrogen-bond donors (Lipinski definition) is 4. The molecule has 0 aliphatic carbocycles. The summed E-state index contributed by atoms with van der Waals surface area (Å²) in [6.07, 6.45) is 1.44. The molecule has 0 aromatic heterocycles. The summed E-state index contributed by atoms with van der Waals surface area (Å²) in [5.74, 6) is -0.0597. The molecule has 130 valence electrons. The second-order valence-corrected chi connectivity index (χ2v) is 8.72. The van der Waals surface area contributed by atoms with Crippen molar-refractivity contribution >= 4 is 17.4 Å². The highest BCUT2D eigenvalue weighted by Crippen LogP contribution is 2.31. The molecule has 2 atom stereocenters. The van der Waals surface area contributed by atoms with E-state index in [0.717, 1.165) is 0 Å². The topological polar surface area (TPSA) is 139 Å². The number of hydrogen-bond acceptors (Lipinski definition) is 7.